The molecule has 0 atom stereocenters. The minimum absolute atomic E-state index is 0.210. The molecule has 30 heavy (non-hydrogen) atoms. The number of benzene rings is 1. The second-order valence-corrected chi connectivity index (χ2v) is 12.1. The van der Waals surface area contributed by atoms with Gasteiger partial charge in [0.05, 0.1) is 0 Å². The molecule has 1 amide bonds. The summed E-state index contributed by atoms with van der Waals surface area (Å²) in [6.45, 7) is 19.0. The number of nitrogens with zero attached hydrogens (tertiary/aromatic N) is 1. The lowest BCUT2D eigenvalue weighted by molar-refractivity contribution is 0.0270. The molecule has 0 spiro atoms. The number of hydrogen-bond donors (Lipinski definition) is 0. The smallest absolute Gasteiger partial charge is 0.410 e. The van der Waals surface area contributed by atoms with Crippen LogP contribution in [0.3, 0.4) is 0 Å². The van der Waals surface area contributed by atoms with Crippen molar-refractivity contribution in [2.75, 3.05) is 13.1 Å². The van der Waals surface area contributed by atoms with Gasteiger partial charge in [-0.25, -0.2) is 4.79 Å². The Morgan fingerprint density at radius 3 is 2.27 bits per heavy atom. The van der Waals surface area contributed by atoms with Crippen molar-refractivity contribution in [3.63, 3.8) is 0 Å². The van der Waals surface area contributed by atoms with Crippen molar-refractivity contribution >= 4 is 11.7 Å². The van der Waals surface area contributed by atoms with E-state index in [9.17, 15) is 4.79 Å². The van der Waals surface area contributed by atoms with Crippen LogP contribution in [0.2, 0.25) is 0 Å². The second-order valence-electron chi connectivity index (χ2n) is 12.1. The lowest BCUT2D eigenvalue weighted by Crippen LogP contribution is -2.39. The zero-order valence-corrected chi connectivity index (χ0v) is 20.4. The Kier molecular flexibility index (Phi) is 6.15. The number of hydrogen-bond acceptors (Lipinski definition) is 2. The summed E-state index contributed by atoms with van der Waals surface area (Å²) in [5.41, 5.74) is 5.89. The van der Waals surface area contributed by atoms with Crippen LogP contribution in [0, 0.1) is 17.8 Å². The van der Waals surface area contributed by atoms with Gasteiger partial charge >= 0.3 is 6.09 Å². The molecule has 1 fully saturated rings. The number of aryl methyl sites for hydroxylation is 1. The van der Waals surface area contributed by atoms with Crippen LogP contribution in [0.25, 0.3) is 5.57 Å². The van der Waals surface area contributed by atoms with Gasteiger partial charge in [0.15, 0.2) is 0 Å². The summed E-state index contributed by atoms with van der Waals surface area (Å²) < 4.78 is 5.56. The number of amides is 1. The highest BCUT2D eigenvalue weighted by atomic mass is 16.6. The molecule has 3 rings (SSSR count). The first-order valence-electron chi connectivity index (χ1n) is 11.5. The first kappa shape index (κ1) is 22.9. The van der Waals surface area contributed by atoms with Gasteiger partial charge < -0.3 is 9.64 Å². The van der Waals surface area contributed by atoms with Gasteiger partial charge in [-0.15, -0.1) is 0 Å². The molecule has 1 aliphatic carbocycles. The van der Waals surface area contributed by atoms with Crippen molar-refractivity contribution in [2.45, 2.75) is 92.6 Å². The molecule has 166 valence electrons. The largest absolute Gasteiger partial charge is 0.444 e. The van der Waals surface area contributed by atoms with Gasteiger partial charge in [0.25, 0.3) is 0 Å². The van der Waals surface area contributed by atoms with E-state index in [4.69, 9.17) is 4.74 Å². The van der Waals surface area contributed by atoms with Gasteiger partial charge in [0.2, 0.25) is 0 Å². The minimum Gasteiger partial charge on any atom is -0.444 e. The van der Waals surface area contributed by atoms with E-state index in [0.717, 1.165) is 13.0 Å². The maximum atomic E-state index is 12.4. The monoisotopic (exact) mass is 411 g/mol. The lowest BCUT2D eigenvalue weighted by Gasteiger charge is -2.46. The third-order valence-electron chi connectivity index (χ3n) is 6.41. The van der Waals surface area contributed by atoms with Crippen LogP contribution in [0.15, 0.2) is 24.3 Å². The number of rotatable bonds is 2. The first-order chi connectivity index (χ1) is 13.7. The van der Waals surface area contributed by atoms with Crippen molar-refractivity contribution in [1.29, 1.82) is 0 Å². The Labute approximate surface area is 183 Å². The Morgan fingerprint density at radius 1 is 1.10 bits per heavy atom. The summed E-state index contributed by atoms with van der Waals surface area (Å²) in [4.78, 5) is 14.2. The summed E-state index contributed by atoms with van der Waals surface area (Å²) in [5.74, 6) is 0.587. The van der Waals surface area contributed by atoms with Crippen molar-refractivity contribution < 1.29 is 9.53 Å². The van der Waals surface area contributed by atoms with Crippen LogP contribution < -0.4 is 0 Å². The van der Waals surface area contributed by atoms with Crippen LogP contribution in [-0.4, -0.2) is 29.7 Å². The lowest BCUT2D eigenvalue weighted by atomic mass is 9.59. The average Bonchev–Trinajstić information content (AvgIpc) is 2.57. The van der Waals surface area contributed by atoms with E-state index in [0.29, 0.717) is 23.3 Å². The molecule has 1 aromatic rings. The molecule has 0 saturated heterocycles. The predicted octanol–water partition coefficient (Wildman–Crippen LogP) is 7.34. The molecular weight excluding hydrogens is 370 g/mol. The van der Waals surface area contributed by atoms with Crippen LogP contribution in [0.4, 0.5) is 4.79 Å². The normalized spacial score (nSPS) is 21.9. The molecule has 3 heteroatoms. The molecule has 0 aromatic heterocycles. The van der Waals surface area contributed by atoms with Crippen molar-refractivity contribution in [3.05, 3.63) is 41.0 Å². The van der Waals surface area contributed by atoms with Crippen molar-refractivity contribution in [1.82, 2.24) is 4.90 Å². The fourth-order valence-corrected chi connectivity index (χ4v) is 5.78. The summed E-state index contributed by atoms with van der Waals surface area (Å²) in [7, 11) is 0. The summed E-state index contributed by atoms with van der Waals surface area (Å²) in [5, 5.41) is 0. The quantitative estimate of drug-likeness (QED) is 0.509. The van der Waals surface area contributed by atoms with E-state index in [-0.39, 0.29) is 6.09 Å². The molecular formula is C27H41NO2. The highest BCUT2D eigenvalue weighted by Crippen LogP contribution is 2.52. The Bertz CT molecular complexity index is 810. The molecule has 1 saturated carbocycles. The predicted molar refractivity (Wildman–Crippen MR) is 126 cm³/mol. The van der Waals surface area contributed by atoms with Gasteiger partial charge in [-0.2, -0.15) is 0 Å². The van der Waals surface area contributed by atoms with Gasteiger partial charge in [-0.1, -0.05) is 57.5 Å². The molecule has 1 heterocycles. The number of carbonyl (C=O) groups excluding carboxylic acids is 1. The van der Waals surface area contributed by atoms with E-state index < -0.39 is 5.60 Å². The van der Waals surface area contributed by atoms with E-state index >= 15 is 0 Å². The average molecular weight is 412 g/mol. The van der Waals surface area contributed by atoms with Crippen molar-refractivity contribution in [3.8, 4) is 0 Å². The second kappa shape index (κ2) is 8.05. The van der Waals surface area contributed by atoms with Gasteiger partial charge in [-0.3, -0.25) is 0 Å². The standard InChI is InChI=1S/C27H41NO2/c1-19-9-10-22(20-11-13-28(14-12-20)24(29)30-25(2,3)4)23(15-19)21-16-26(5,6)18-27(7,8)17-21/h9-11,15,21H,12-14,16-18H2,1-8H3. The van der Waals surface area contributed by atoms with E-state index in [1.165, 1.54) is 41.5 Å². The van der Waals surface area contributed by atoms with Gasteiger partial charge in [0.1, 0.15) is 5.60 Å². The Balaban J connectivity index is 1.85. The maximum absolute atomic E-state index is 12.4. The summed E-state index contributed by atoms with van der Waals surface area (Å²) in [6, 6.07) is 6.96. The first-order valence-corrected chi connectivity index (χ1v) is 11.5. The summed E-state index contributed by atoms with van der Waals surface area (Å²) in [6.07, 6.45) is 6.67. The third-order valence-corrected chi connectivity index (χ3v) is 6.41. The molecule has 1 aliphatic heterocycles. The molecule has 0 radical (unpaired) electrons. The molecule has 0 unspecified atom stereocenters. The highest BCUT2D eigenvalue weighted by molar-refractivity contribution is 5.74. The van der Waals surface area contributed by atoms with Crippen LogP contribution in [0.5, 0.6) is 0 Å². The number of carbonyl (C=O) groups is 1. The SMILES string of the molecule is Cc1ccc(C2=CCN(C(=O)OC(C)(C)C)CC2)c(C2CC(C)(C)CC(C)(C)C2)c1. The van der Waals surface area contributed by atoms with E-state index in [1.807, 2.05) is 25.7 Å². The zero-order chi connectivity index (χ0) is 22.3. The molecule has 3 nitrogen and oxygen atoms in total. The molecule has 0 N–H and O–H groups in total. The molecule has 0 bridgehead atoms. The topological polar surface area (TPSA) is 29.5 Å². The van der Waals surface area contributed by atoms with Crippen LogP contribution in [-0.2, 0) is 4.74 Å². The molecule has 2 aliphatic rings. The third kappa shape index (κ3) is 5.68. The highest BCUT2D eigenvalue weighted by Gasteiger charge is 2.39. The maximum Gasteiger partial charge on any atom is 0.410 e. The fourth-order valence-electron chi connectivity index (χ4n) is 5.78. The van der Waals surface area contributed by atoms with Crippen molar-refractivity contribution in [2.24, 2.45) is 10.8 Å². The zero-order valence-electron chi connectivity index (χ0n) is 20.4. The number of ether oxygens (including phenoxy) is 1. The van der Waals surface area contributed by atoms with Crippen LogP contribution >= 0.6 is 0 Å². The fraction of sp³-hybridized carbons (Fsp3) is 0.667. The Hall–Kier alpha value is -1.77. The van der Waals surface area contributed by atoms with Crippen LogP contribution in [0.1, 0.15) is 96.8 Å². The minimum atomic E-state index is -0.453. The summed E-state index contributed by atoms with van der Waals surface area (Å²) >= 11 is 0. The van der Waals surface area contributed by atoms with Gasteiger partial charge in [-0.05, 0) is 86.8 Å². The van der Waals surface area contributed by atoms with Gasteiger partial charge in [0, 0.05) is 13.1 Å². The molecule has 1 aromatic carbocycles. The Morgan fingerprint density at radius 2 is 1.73 bits per heavy atom. The van der Waals surface area contributed by atoms with E-state index in [1.54, 1.807) is 0 Å². The van der Waals surface area contributed by atoms with E-state index in [2.05, 4.69) is 58.9 Å².